The summed E-state index contributed by atoms with van der Waals surface area (Å²) < 4.78 is 0. The minimum absolute atomic E-state index is 0.0256. The van der Waals surface area contributed by atoms with Gasteiger partial charge < -0.3 is 15.8 Å². The molecule has 0 saturated carbocycles. The van der Waals surface area contributed by atoms with Gasteiger partial charge in [0, 0.05) is 14.0 Å². The zero-order valence-corrected chi connectivity index (χ0v) is 6.03. The number of hydrogen-bond donors (Lipinski definition) is 2. The lowest BCUT2D eigenvalue weighted by atomic mass is 10.5. The number of amides is 1. The highest BCUT2D eigenvalue weighted by molar-refractivity contribution is 5.85. The highest BCUT2D eigenvalue weighted by Crippen LogP contribution is 1.81. The lowest BCUT2D eigenvalue weighted by molar-refractivity contribution is -0.126. The number of carbonyl (C=O) groups is 1. The number of likely N-dealkylation sites (N-methyl/N-ethyl adjacent to an activating group) is 1. The van der Waals surface area contributed by atoms with Crippen LogP contribution in [-0.2, 0) is 4.79 Å². The molecule has 0 heterocycles. The van der Waals surface area contributed by atoms with Gasteiger partial charge in [-0.2, -0.15) is 0 Å². The first-order valence-electron chi connectivity index (χ1n) is 2.76. The molecule has 58 valence electrons. The molecular weight excluding hydrogens is 134 g/mol. The number of carbonyl (C=O) groups excluding carboxylic acids is 1. The monoisotopic (exact) mass is 145 g/mol. The average molecular weight is 145 g/mol. The Bertz CT molecular complexity index is 155. The van der Waals surface area contributed by atoms with E-state index < -0.39 is 0 Å². The van der Waals surface area contributed by atoms with E-state index in [1.807, 2.05) is 0 Å². The number of oxime groups is 1. The molecule has 0 saturated heterocycles. The molecule has 0 spiro atoms. The zero-order chi connectivity index (χ0) is 8.15. The van der Waals surface area contributed by atoms with Crippen LogP contribution in [0, 0.1) is 0 Å². The topological polar surface area (TPSA) is 78.9 Å². The van der Waals surface area contributed by atoms with Crippen LogP contribution < -0.4 is 5.73 Å². The normalized spacial score (nSPS) is 11.2. The molecule has 0 atom stereocenters. The highest BCUT2D eigenvalue weighted by atomic mass is 16.4. The van der Waals surface area contributed by atoms with Gasteiger partial charge in [-0.15, -0.1) is 0 Å². The molecule has 0 aromatic rings. The quantitative estimate of drug-likeness (QED) is 0.231. The SMILES string of the molecule is CC(=O)N(C)CC(N)=NO. The molecule has 3 N–H and O–H groups in total. The summed E-state index contributed by atoms with van der Waals surface area (Å²) in [5.41, 5.74) is 5.12. The van der Waals surface area contributed by atoms with Gasteiger partial charge in [-0.25, -0.2) is 0 Å². The minimum atomic E-state index is -0.119. The number of nitrogens with two attached hydrogens (primary N) is 1. The fraction of sp³-hybridized carbons (Fsp3) is 0.600. The second kappa shape index (κ2) is 3.71. The van der Waals surface area contributed by atoms with Crippen molar-refractivity contribution in [1.29, 1.82) is 0 Å². The Hall–Kier alpha value is -1.26. The molecule has 10 heavy (non-hydrogen) atoms. The number of rotatable bonds is 2. The molecule has 0 unspecified atom stereocenters. The maximum Gasteiger partial charge on any atom is 0.219 e. The second-order valence-corrected chi connectivity index (χ2v) is 1.97. The lowest BCUT2D eigenvalue weighted by Crippen LogP contribution is -2.33. The predicted molar refractivity (Wildman–Crippen MR) is 36.7 cm³/mol. The Labute approximate surface area is 59.1 Å². The van der Waals surface area contributed by atoms with Gasteiger partial charge in [0.15, 0.2) is 5.84 Å². The van der Waals surface area contributed by atoms with E-state index in [0.29, 0.717) is 0 Å². The maximum atomic E-state index is 10.5. The van der Waals surface area contributed by atoms with E-state index in [0.717, 1.165) is 0 Å². The van der Waals surface area contributed by atoms with Crippen LogP contribution in [0.4, 0.5) is 0 Å². The van der Waals surface area contributed by atoms with Crippen LogP contribution in [0.15, 0.2) is 5.16 Å². The Balaban J connectivity index is 3.80. The second-order valence-electron chi connectivity index (χ2n) is 1.97. The lowest BCUT2D eigenvalue weighted by Gasteiger charge is -2.12. The van der Waals surface area contributed by atoms with Crippen molar-refractivity contribution in [2.45, 2.75) is 6.92 Å². The van der Waals surface area contributed by atoms with E-state index >= 15 is 0 Å². The van der Waals surface area contributed by atoms with Crippen LogP contribution in [0.3, 0.4) is 0 Å². The first-order chi connectivity index (χ1) is 4.57. The smallest absolute Gasteiger partial charge is 0.219 e. The number of amidine groups is 1. The summed E-state index contributed by atoms with van der Waals surface area (Å²) in [5, 5.41) is 10.8. The van der Waals surface area contributed by atoms with Gasteiger partial charge in [0.1, 0.15) is 0 Å². The number of hydrogen-bond acceptors (Lipinski definition) is 3. The predicted octanol–water partition coefficient (Wildman–Crippen LogP) is -0.789. The van der Waals surface area contributed by atoms with Gasteiger partial charge in [0.05, 0.1) is 6.54 Å². The van der Waals surface area contributed by atoms with E-state index in [-0.39, 0.29) is 18.3 Å². The molecule has 0 radical (unpaired) electrons. The van der Waals surface area contributed by atoms with Crippen molar-refractivity contribution in [1.82, 2.24) is 4.90 Å². The van der Waals surface area contributed by atoms with Gasteiger partial charge in [0.2, 0.25) is 5.91 Å². The third-order valence-electron chi connectivity index (χ3n) is 1.07. The molecular formula is C5H11N3O2. The standard InChI is InChI=1S/C5H11N3O2/c1-4(9)8(2)3-5(6)7-10/h10H,3H2,1-2H3,(H2,6,7). The van der Waals surface area contributed by atoms with Crippen LogP contribution in [0.25, 0.3) is 0 Å². The van der Waals surface area contributed by atoms with Gasteiger partial charge >= 0.3 is 0 Å². The third kappa shape index (κ3) is 2.91. The molecule has 0 aliphatic heterocycles. The molecule has 5 nitrogen and oxygen atoms in total. The van der Waals surface area contributed by atoms with Crippen molar-refractivity contribution in [3.63, 3.8) is 0 Å². The summed E-state index contributed by atoms with van der Waals surface area (Å²) in [6.45, 7) is 1.57. The Morgan fingerprint density at radius 2 is 2.30 bits per heavy atom. The zero-order valence-electron chi connectivity index (χ0n) is 6.03. The first kappa shape index (κ1) is 8.74. The highest BCUT2D eigenvalue weighted by Gasteiger charge is 2.02. The summed E-state index contributed by atoms with van der Waals surface area (Å²) in [6.07, 6.45) is 0. The van der Waals surface area contributed by atoms with Crippen LogP contribution in [0.5, 0.6) is 0 Å². The molecule has 1 amide bonds. The van der Waals surface area contributed by atoms with Crippen LogP contribution in [-0.4, -0.2) is 35.4 Å². The summed E-state index contributed by atoms with van der Waals surface area (Å²) in [7, 11) is 1.57. The molecule has 0 rings (SSSR count). The Morgan fingerprint density at radius 1 is 1.80 bits per heavy atom. The van der Waals surface area contributed by atoms with E-state index in [9.17, 15) is 4.79 Å². The van der Waals surface area contributed by atoms with Crippen LogP contribution >= 0.6 is 0 Å². The van der Waals surface area contributed by atoms with Crippen molar-refractivity contribution >= 4 is 11.7 Å². The summed E-state index contributed by atoms with van der Waals surface area (Å²) in [4.78, 5) is 11.9. The van der Waals surface area contributed by atoms with Crippen molar-refractivity contribution in [3.05, 3.63) is 0 Å². The molecule has 5 heteroatoms. The Morgan fingerprint density at radius 3 is 2.60 bits per heavy atom. The average Bonchev–Trinajstić information content (AvgIpc) is 1.87. The van der Waals surface area contributed by atoms with Crippen LogP contribution in [0.2, 0.25) is 0 Å². The summed E-state index contributed by atoms with van der Waals surface area (Å²) in [5.74, 6) is -0.0932. The number of nitrogens with zero attached hydrogens (tertiary/aromatic N) is 2. The molecule has 0 aromatic carbocycles. The van der Waals surface area contributed by atoms with Crippen molar-refractivity contribution in [2.75, 3.05) is 13.6 Å². The van der Waals surface area contributed by atoms with E-state index in [4.69, 9.17) is 10.9 Å². The fourth-order valence-electron chi connectivity index (χ4n) is 0.386. The van der Waals surface area contributed by atoms with Crippen LogP contribution in [0.1, 0.15) is 6.92 Å². The van der Waals surface area contributed by atoms with E-state index in [1.54, 1.807) is 7.05 Å². The van der Waals surface area contributed by atoms with Gasteiger partial charge in [0.25, 0.3) is 0 Å². The molecule has 0 aromatic heterocycles. The molecule has 0 fully saturated rings. The van der Waals surface area contributed by atoms with Gasteiger partial charge in [-0.05, 0) is 0 Å². The van der Waals surface area contributed by atoms with E-state index in [1.165, 1.54) is 11.8 Å². The molecule has 0 aliphatic carbocycles. The molecule has 0 aliphatic rings. The fourth-order valence-corrected chi connectivity index (χ4v) is 0.386. The Kier molecular flexibility index (Phi) is 3.24. The summed E-state index contributed by atoms with van der Waals surface area (Å²) >= 11 is 0. The minimum Gasteiger partial charge on any atom is -0.409 e. The summed E-state index contributed by atoms with van der Waals surface area (Å²) in [6, 6.07) is 0. The van der Waals surface area contributed by atoms with Crippen molar-refractivity contribution < 1.29 is 10.0 Å². The third-order valence-corrected chi connectivity index (χ3v) is 1.07. The largest absolute Gasteiger partial charge is 0.409 e. The van der Waals surface area contributed by atoms with Crippen molar-refractivity contribution in [3.8, 4) is 0 Å². The van der Waals surface area contributed by atoms with Crippen molar-refractivity contribution in [2.24, 2.45) is 10.9 Å². The maximum absolute atomic E-state index is 10.5. The van der Waals surface area contributed by atoms with E-state index in [2.05, 4.69) is 5.16 Å². The van der Waals surface area contributed by atoms with Gasteiger partial charge in [-0.1, -0.05) is 5.16 Å². The van der Waals surface area contributed by atoms with Gasteiger partial charge in [-0.3, -0.25) is 4.79 Å². The molecule has 0 bridgehead atoms. The first-order valence-corrected chi connectivity index (χ1v) is 2.76.